The van der Waals surface area contributed by atoms with Gasteiger partial charge in [-0.2, -0.15) is 0 Å². The molecule has 2 atom stereocenters. The predicted molar refractivity (Wildman–Crippen MR) is 63.9 cm³/mol. The monoisotopic (exact) mass is 214 g/mol. The first-order valence-electron chi connectivity index (χ1n) is 6.17. The fourth-order valence-electron chi connectivity index (χ4n) is 1.98. The van der Waals surface area contributed by atoms with Gasteiger partial charge in [0.05, 0.1) is 6.61 Å². The minimum absolute atomic E-state index is 0.308. The van der Waals surface area contributed by atoms with E-state index in [-0.39, 0.29) is 0 Å². The van der Waals surface area contributed by atoms with Crippen molar-refractivity contribution in [1.29, 1.82) is 0 Å². The lowest BCUT2D eigenvalue weighted by Crippen LogP contribution is -2.44. The Morgan fingerprint density at radius 2 is 2.13 bits per heavy atom. The second-order valence-electron chi connectivity index (χ2n) is 4.73. The summed E-state index contributed by atoms with van der Waals surface area (Å²) in [4.78, 5) is 2.50. The quantitative estimate of drug-likeness (QED) is 0.665. The van der Waals surface area contributed by atoms with Crippen molar-refractivity contribution >= 4 is 0 Å². The Labute approximate surface area is 94.0 Å². The van der Waals surface area contributed by atoms with E-state index < -0.39 is 0 Å². The maximum absolute atomic E-state index is 6.02. The zero-order chi connectivity index (χ0) is 11.3. The molecule has 0 bridgehead atoms. The van der Waals surface area contributed by atoms with Crippen molar-refractivity contribution in [2.45, 2.75) is 45.2 Å². The molecular formula is C12H26N2O. The summed E-state index contributed by atoms with van der Waals surface area (Å²) in [5.74, 6) is 0.908. The van der Waals surface area contributed by atoms with Gasteiger partial charge in [0, 0.05) is 32.3 Å². The molecule has 0 aliphatic heterocycles. The summed E-state index contributed by atoms with van der Waals surface area (Å²) in [6.07, 6.45) is 3.85. The van der Waals surface area contributed by atoms with Gasteiger partial charge in [-0.05, 0) is 32.1 Å². The van der Waals surface area contributed by atoms with Crippen molar-refractivity contribution in [1.82, 2.24) is 4.90 Å². The summed E-state index contributed by atoms with van der Waals surface area (Å²) in [5, 5.41) is 0. The van der Waals surface area contributed by atoms with Gasteiger partial charge < -0.3 is 10.5 Å². The molecule has 1 aliphatic rings. The summed E-state index contributed by atoms with van der Waals surface area (Å²) < 4.78 is 5.16. The van der Waals surface area contributed by atoms with Gasteiger partial charge in [-0.1, -0.05) is 6.92 Å². The molecule has 3 heteroatoms. The first-order chi connectivity index (χ1) is 7.19. The Morgan fingerprint density at radius 3 is 2.60 bits per heavy atom. The van der Waals surface area contributed by atoms with Gasteiger partial charge in [-0.25, -0.2) is 0 Å². The Bertz CT molecular complexity index is 171. The minimum atomic E-state index is 0.308. The van der Waals surface area contributed by atoms with Crippen LogP contribution in [0.1, 0.15) is 33.1 Å². The highest BCUT2D eigenvalue weighted by atomic mass is 16.5. The summed E-state index contributed by atoms with van der Waals surface area (Å²) in [6.45, 7) is 7.32. The molecule has 0 radical (unpaired) electrons. The van der Waals surface area contributed by atoms with E-state index in [1.54, 1.807) is 7.11 Å². The normalized spacial score (nSPS) is 20.6. The summed E-state index contributed by atoms with van der Waals surface area (Å²) in [5.41, 5.74) is 6.02. The second-order valence-corrected chi connectivity index (χ2v) is 4.73. The molecule has 0 saturated heterocycles. The van der Waals surface area contributed by atoms with Crippen LogP contribution in [0.4, 0.5) is 0 Å². The number of methoxy groups -OCH3 is 1. The van der Waals surface area contributed by atoms with Crippen LogP contribution in [0.3, 0.4) is 0 Å². The lowest BCUT2D eigenvalue weighted by atomic mass is 10.1. The largest absolute Gasteiger partial charge is 0.383 e. The number of rotatable bonds is 8. The Balaban J connectivity index is 2.36. The van der Waals surface area contributed by atoms with Crippen molar-refractivity contribution in [3.8, 4) is 0 Å². The van der Waals surface area contributed by atoms with E-state index in [1.165, 1.54) is 12.8 Å². The third kappa shape index (κ3) is 4.49. The smallest absolute Gasteiger partial charge is 0.0589 e. The van der Waals surface area contributed by atoms with Crippen LogP contribution in [0.15, 0.2) is 0 Å². The summed E-state index contributed by atoms with van der Waals surface area (Å²) in [6, 6.07) is 0.987. The fraction of sp³-hybridized carbons (Fsp3) is 1.00. The van der Waals surface area contributed by atoms with Crippen molar-refractivity contribution in [3.63, 3.8) is 0 Å². The third-order valence-corrected chi connectivity index (χ3v) is 3.46. The molecule has 0 aromatic heterocycles. The molecule has 0 heterocycles. The number of nitrogens with two attached hydrogens (primary N) is 1. The Kier molecular flexibility index (Phi) is 5.58. The summed E-state index contributed by atoms with van der Waals surface area (Å²) >= 11 is 0. The molecule has 2 N–H and O–H groups in total. The van der Waals surface area contributed by atoms with Crippen LogP contribution in [0.5, 0.6) is 0 Å². The highest BCUT2D eigenvalue weighted by molar-refractivity contribution is 4.86. The molecular weight excluding hydrogens is 188 g/mol. The van der Waals surface area contributed by atoms with Crippen LogP contribution in [0.2, 0.25) is 0 Å². The van der Waals surface area contributed by atoms with Crippen LogP contribution >= 0.6 is 0 Å². The summed E-state index contributed by atoms with van der Waals surface area (Å²) in [7, 11) is 1.76. The predicted octanol–water partition coefficient (Wildman–Crippen LogP) is 1.47. The van der Waals surface area contributed by atoms with Gasteiger partial charge in [-0.3, -0.25) is 4.90 Å². The molecule has 1 aliphatic carbocycles. The average molecular weight is 214 g/mol. The Hall–Kier alpha value is -0.120. The van der Waals surface area contributed by atoms with Crippen LogP contribution in [-0.2, 0) is 4.74 Å². The van der Waals surface area contributed by atoms with Crippen LogP contribution in [0, 0.1) is 5.92 Å². The molecule has 2 unspecified atom stereocenters. The molecule has 1 fully saturated rings. The molecule has 15 heavy (non-hydrogen) atoms. The van der Waals surface area contributed by atoms with Gasteiger partial charge in [0.2, 0.25) is 0 Å². The zero-order valence-corrected chi connectivity index (χ0v) is 10.4. The van der Waals surface area contributed by atoms with E-state index >= 15 is 0 Å². The lowest BCUT2D eigenvalue weighted by molar-refractivity contribution is 0.111. The molecule has 3 nitrogen and oxygen atoms in total. The molecule has 0 aromatic carbocycles. The van der Waals surface area contributed by atoms with Crippen LogP contribution in [0.25, 0.3) is 0 Å². The van der Waals surface area contributed by atoms with E-state index in [4.69, 9.17) is 10.5 Å². The van der Waals surface area contributed by atoms with E-state index in [0.717, 1.165) is 32.0 Å². The highest BCUT2D eigenvalue weighted by Crippen LogP contribution is 2.35. The lowest BCUT2D eigenvalue weighted by Gasteiger charge is -2.31. The topological polar surface area (TPSA) is 38.5 Å². The number of nitrogens with zero attached hydrogens (tertiary/aromatic N) is 1. The SMILES string of the molecule is CCC(N)CN(CCOC)C(C)C1CC1. The number of hydrogen-bond donors (Lipinski definition) is 1. The van der Waals surface area contributed by atoms with E-state index in [2.05, 4.69) is 18.7 Å². The Morgan fingerprint density at radius 1 is 1.47 bits per heavy atom. The molecule has 0 amide bonds. The van der Waals surface area contributed by atoms with Gasteiger partial charge >= 0.3 is 0 Å². The number of hydrogen-bond acceptors (Lipinski definition) is 3. The minimum Gasteiger partial charge on any atom is -0.383 e. The van der Waals surface area contributed by atoms with Gasteiger partial charge in [-0.15, -0.1) is 0 Å². The third-order valence-electron chi connectivity index (χ3n) is 3.46. The molecule has 90 valence electrons. The van der Waals surface area contributed by atoms with Crippen molar-refractivity contribution < 1.29 is 4.74 Å². The van der Waals surface area contributed by atoms with Crippen molar-refractivity contribution in [3.05, 3.63) is 0 Å². The maximum Gasteiger partial charge on any atom is 0.0589 e. The highest BCUT2D eigenvalue weighted by Gasteiger charge is 2.32. The first kappa shape index (κ1) is 12.9. The van der Waals surface area contributed by atoms with Crippen LogP contribution < -0.4 is 5.73 Å². The van der Waals surface area contributed by atoms with Crippen molar-refractivity contribution in [2.24, 2.45) is 11.7 Å². The molecule has 1 saturated carbocycles. The molecule has 0 aromatic rings. The van der Waals surface area contributed by atoms with E-state index in [9.17, 15) is 0 Å². The first-order valence-corrected chi connectivity index (χ1v) is 6.17. The van der Waals surface area contributed by atoms with Crippen LogP contribution in [-0.4, -0.2) is 43.8 Å². The number of ether oxygens (including phenoxy) is 1. The maximum atomic E-state index is 6.02. The van der Waals surface area contributed by atoms with Gasteiger partial charge in [0.1, 0.15) is 0 Å². The van der Waals surface area contributed by atoms with E-state index in [0.29, 0.717) is 12.1 Å². The van der Waals surface area contributed by atoms with Crippen molar-refractivity contribution in [2.75, 3.05) is 26.8 Å². The second kappa shape index (κ2) is 6.46. The average Bonchev–Trinajstić information content (AvgIpc) is 3.06. The molecule has 1 rings (SSSR count). The van der Waals surface area contributed by atoms with Gasteiger partial charge in [0.15, 0.2) is 0 Å². The van der Waals surface area contributed by atoms with E-state index in [1.807, 2.05) is 0 Å². The fourth-order valence-corrected chi connectivity index (χ4v) is 1.98. The molecule has 0 spiro atoms. The zero-order valence-electron chi connectivity index (χ0n) is 10.4. The van der Waals surface area contributed by atoms with Gasteiger partial charge in [0.25, 0.3) is 0 Å². The standard InChI is InChI=1S/C12H26N2O/c1-4-12(13)9-14(7-8-15-3)10(2)11-5-6-11/h10-12H,4-9,13H2,1-3H3.